The zero-order valence-corrected chi connectivity index (χ0v) is 35.2. The van der Waals surface area contributed by atoms with Crippen molar-refractivity contribution in [1.29, 1.82) is 0 Å². The topological polar surface area (TPSA) is 35.6 Å². The third-order valence-corrected chi connectivity index (χ3v) is 17.9. The van der Waals surface area contributed by atoms with E-state index in [4.69, 9.17) is 9.97 Å². The predicted octanol–water partition coefficient (Wildman–Crippen LogP) is 11.4. The molecule has 5 heteroatoms. The highest BCUT2D eigenvalue weighted by Gasteiger charge is 2.51. The molecule has 0 amide bonds. The third-order valence-electron chi connectivity index (χ3n) is 13.2. The summed E-state index contributed by atoms with van der Waals surface area (Å²) in [7, 11) is -2.93. The van der Waals surface area contributed by atoms with Gasteiger partial charge in [0.15, 0.2) is 5.82 Å². The molecule has 0 saturated carbocycles. The molecule has 0 unspecified atom stereocenters. The monoisotopic (exact) mass is 818 g/mol. The highest BCUT2D eigenvalue weighted by atomic mass is 28.3. The lowest BCUT2D eigenvalue weighted by atomic mass is 10.0. The first-order valence-corrected chi connectivity index (χ1v) is 23.6. The van der Waals surface area contributed by atoms with E-state index in [1.54, 1.807) is 0 Å². The normalized spacial score (nSPS) is 12.9. The van der Waals surface area contributed by atoms with Crippen LogP contribution in [0.2, 0.25) is 0 Å². The highest BCUT2D eigenvalue weighted by Crippen LogP contribution is 2.43. The summed E-state index contributed by atoms with van der Waals surface area (Å²) in [6, 6.07) is 83.7. The summed E-state index contributed by atoms with van der Waals surface area (Å²) in [5.74, 6) is 0.720. The fraction of sp³-hybridized carbons (Fsp3) is 0. The summed E-state index contributed by atoms with van der Waals surface area (Å²) in [4.78, 5) is 11.5. The van der Waals surface area contributed by atoms with E-state index in [9.17, 15) is 0 Å². The first kappa shape index (κ1) is 35.6. The lowest BCUT2D eigenvalue weighted by Crippen LogP contribution is -2.73. The fourth-order valence-corrected chi connectivity index (χ4v) is 15.6. The molecule has 0 saturated heterocycles. The second-order valence-corrected chi connectivity index (χ2v) is 20.1. The lowest BCUT2D eigenvalue weighted by molar-refractivity contribution is 1.17. The van der Waals surface area contributed by atoms with Crippen molar-refractivity contribution in [1.82, 2.24) is 19.1 Å². The molecule has 3 aromatic heterocycles. The molecule has 4 heterocycles. The smallest absolute Gasteiger partial charge is 0.203 e. The first-order valence-electron chi connectivity index (χ1n) is 21.6. The van der Waals surface area contributed by atoms with E-state index in [2.05, 4.69) is 240 Å². The third kappa shape index (κ3) is 5.14. The summed E-state index contributed by atoms with van der Waals surface area (Å²) < 4.78 is 4.87. The number of aromatic nitrogens is 4. The second kappa shape index (κ2) is 14.0. The van der Waals surface area contributed by atoms with Gasteiger partial charge in [-0.3, -0.25) is 0 Å². The molecule has 0 fully saturated rings. The van der Waals surface area contributed by atoms with Crippen LogP contribution in [-0.4, -0.2) is 27.2 Å². The van der Waals surface area contributed by atoms with Crippen molar-refractivity contribution in [3.8, 4) is 45.1 Å². The van der Waals surface area contributed by atoms with E-state index in [1.807, 2.05) is 0 Å². The quantitative estimate of drug-likeness (QED) is 0.157. The minimum Gasteiger partial charge on any atom is -0.309 e. The number of fused-ring (bicyclic) bond motifs is 10. The minimum absolute atomic E-state index is 0.720. The van der Waals surface area contributed by atoms with Crippen LogP contribution in [0.25, 0.3) is 88.8 Å². The van der Waals surface area contributed by atoms with Gasteiger partial charge in [0.25, 0.3) is 0 Å². The molecule has 13 rings (SSSR count). The lowest BCUT2D eigenvalue weighted by Gasteiger charge is -2.30. The molecular weight excluding hydrogens is 781 g/mol. The Labute approximate surface area is 365 Å². The summed E-state index contributed by atoms with van der Waals surface area (Å²) >= 11 is 0. The zero-order chi connectivity index (χ0) is 41.5. The van der Waals surface area contributed by atoms with E-state index in [-0.39, 0.29) is 0 Å². The summed E-state index contributed by atoms with van der Waals surface area (Å²) in [5, 5.41) is 9.98. The largest absolute Gasteiger partial charge is 0.309 e. The van der Waals surface area contributed by atoms with Crippen molar-refractivity contribution in [2.24, 2.45) is 0 Å². The minimum atomic E-state index is -2.93. The Hall–Kier alpha value is -8.12. The standard InChI is InChI=1S/C58H38N4Si/c1-5-20-39(21-6-1)55-54-48-32-15-18-35-52(48)63(43-26-9-3-10-27-43,44-28-11-4-12-29-44)58(54)60-57(59-55)40-22-19-25-42(38-40)62-49-33-16-13-30-45(49)46-36-37-51-53(56(46)62)47-31-14-17-34-50(47)61(51)41-23-7-2-8-24-41/h1-38H. The maximum Gasteiger partial charge on any atom is 0.203 e. The van der Waals surface area contributed by atoms with Crippen molar-refractivity contribution in [3.05, 3.63) is 231 Å². The van der Waals surface area contributed by atoms with Crippen molar-refractivity contribution in [2.45, 2.75) is 0 Å². The van der Waals surface area contributed by atoms with E-state index in [0.29, 0.717) is 0 Å². The van der Waals surface area contributed by atoms with Crippen LogP contribution in [-0.2, 0) is 0 Å². The molecule has 12 aromatic rings. The molecule has 0 spiro atoms. The Kier molecular flexibility index (Phi) is 7.89. The van der Waals surface area contributed by atoms with Gasteiger partial charge in [0.05, 0.1) is 33.1 Å². The molecule has 1 aliphatic heterocycles. The Morgan fingerprint density at radius 1 is 0.381 bits per heavy atom. The number of hydrogen-bond donors (Lipinski definition) is 0. The fourth-order valence-electron chi connectivity index (χ4n) is 10.6. The van der Waals surface area contributed by atoms with E-state index in [1.165, 1.54) is 59.2 Å². The van der Waals surface area contributed by atoms with Crippen LogP contribution >= 0.6 is 0 Å². The van der Waals surface area contributed by atoms with E-state index in [0.717, 1.165) is 50.4 Å². The molecule has 63 heavy (non-hydrogen) atoms. The van der Waals surface area contributed by atoms with Gasteiger partial charge in [-0.25, -0.2) is 9.97 Å². The number of benzene rings is 9. The molecular formula is C58H38N4Si. The molecule has 0 radical (unpaired) electrons. The molecule has 0 atom stereocenters. The van der Waals surface area contributed by atoms with Crippen LogP contribution in [0.1, 0.15) is 0 Å². The maximum absolute atomic E-state index is 5.84. The Morgan fingerprint density at radius 2 is 0.952 bits per heavy atom. The van der Waals surface area contributed by atoms with Crippen LogP contribution < -0.4 is 20.9 Å². The number of hydrogen-bond acceptors (Lipinski definition) is 2. The Balaban J connectivity index is 1.11. The summed E-state index contributed by atoms with van der Waals surface area (Å²) in [5.41, 5.74) is 12.3. The van der Waals surface area contributed by atoms with Gasteiger partial charge < -0.3 is 9.13 Å². The van der Waals surface area contributed by atoms with Crippen LogP contribution in [0.3, 0.4) is 0 Å². The number of nitrogens with zero attached hydrogens (tertiary/aromatic N) is 4. The zero-order valence-electron chi connectivity index (χ0n) is 34.2. The average molecular weight is 819 g/mol. The SMILES string of the molecule is c1ccc(-c2nc(-c3cccc(-n4c5ccccc5c5ccc6c(c7ccccc7n6-c6ccccc6)c54)c3)nc3c2-c2ccccc2[Si]3(c2ccccc2)c2ccccc2)cc1. The van der Waals surface area contributed by atoms with E-state index >= 15 is 0 Å². The number of para-hydroxylation sites is 3. The summed E-state index contributed by atoms with van der Waals surface area (Å²) in [6.07, 6.45) is 0. The molecule has 1 aliphatic rings. The first-order chi connectivity index (χ1) is 31.3. The van der Waals surface area contributed by atoms with Gasteiger partial charge in [0.2, 0.25) is 8.07 Å². The van der Waals surface area contributed by atoms with Gasteiger partial charge in [-0.15, -0.1) is 0 Å². The number of rotatable bonds is 6. The van der Waals surface area contributed by atoms with Crippen molar-refractivity contribution in [3.63, 3.8) is 0 Å². The molecule has 9 aromatic carbocycles. The molecule has 0 N–H and O–H groups in total. The van der Waals surface area contributed by atoms with Gasteiger partial charge >= 0.3 is 0 Å². The van der Waals surface area contributed by atoms with Gasteiger partial charge in [0, 0.05) is 49.6 Å². The molecule has 0 bridgehead atoms. The molecule has 0 aliphatic carbocycles. The Bertz CT molecular complexity index is 3690. The predicted molar refractivity (Wildman–Crippen MR) is 264 cm³/mol. The molecule has 294 valence electrons. The summed E-state index contributed by atoms with van der Waals surface area (Å²) in [6.45, 7) is 0. The van der Waals surface area contributed by atoms with Gasteiger partial charge in [0.1, 0.15) is 0 Å². The van der Waals surface area contributed by atoms with Gasteiger partial charge in [-0.05, 0) is 63.6 Å². The van der Waals surface area contributed by atoms with E-state index < -0.39 is 8.07 Å². The van der Waals surface area contributed by atoms with Crippen LogP contribution in [0.15, 0.2) is 231 Å². The van der Waals surface area contributed by atoms with Crippen molar-refractivity contribution >= 4 is 72.6 Å². The van der Waals surface area contributed by atoms with Crippen LogP contribution in [0.5, 0.6) is 0 Å². The van der Waals surface area contributed by atoms with Crippen LogP contribution in [0, 0.1) is 0 Å². The maximum atomic E-state index is 5.84. The molecule has 4 nitrogen and oxygen atoms in total. The van der Waals surface area contributed by atoms with Crippen molar-refractivity contribution in [2.75, 3.05) is 0 Å². The van der Waals surface area contributed by atoms with Gasteiger partial charge in [-0.1, -0.05) is 188 Å². The van der Waals surface area contributed by atoms with Gasteiger partial charge in [-0.2, -0.15) is 0 Å². The average Bonchev–Trinajstić information content (AvgIpc) is 3.99. The second-order valence-electron chi connectivity index (χ2n) is 16.5. The van der Waals surface area contributed by atoms with Crippen molar-refractivity contribution < 1.29 is 0 Å². The van der Waals surface area contributed by atoms with Crippen LogP contribution in [0.4, 0.5) is 0 Å². The Morgan fingerprint density at radius 3 is 1.68 bits per heavy atom. The highest BCUT2D eigenvalue weighted by molar-refractivity contribution is 7.21.